The average Bonchev–Trinajstić information content (AvgIpc) is 3.30. The van der Waals surface area contributed by atoms with Crippen LogP contribution in [0.15, 0.2) is 24.3 Å². The quantitative estimate of drug-likeness (QED) is 0.0346. The fourth-order valence-electron chi connectivity index (χ4n) is 8.66. The van der Waals surface area contributed by atoms with Crippen LogP contribution in [-0.2, 0) is 23.8 Å². The van der Waals surface area contributed by atoms with Gasteiger partial charge in [-0.05, 0) is 51.4 Å². The van der Waals surface area contributed by atoms with Gasteiger partial charge in [-0.25, -0.2) is 0 Å². The third-order valence-electron chi connectivity index (χ3n) is 13.0. The van der Waals surface area contributed by atoms with Crippen molar-refractivity contribution in [2.24, 2.45) is 0 Å². The van der Waals surface area contributed by atoms with Crippen molar-refractivity contribution in [3.05, 3.63) is 24.3 Å². The Balaban J connectivity index is 4.15. The molecule has 0 aromatic rings. The van der Waals surface area contributed by atoms with Crippen LogP contribution in [0, 0.1) is 0 Å². The molecular weight excluding hydrogens is 789 g/mol. The Morgan fingerprint density at radius 1 is 0.344 bits per heavy atom. The van der Waals surface area contributed by atoms with E-state index in [1.165, 1.54) is 238 Å². The number of rotatable bonds is 54. The number of hydrogen-bond acceptors (Lipinski definition) is 5. The highest BCUT2D eigenvalue weighted by atomic mass is 16.6. The van der Waals surface area contributed by atoms with Crippen molar-refractivity contribution in [3.8, 4) is 0 Å². The van der Waals surface area contributed by atoms with Gasteiger partial charge in [-0.3, -0.25) is 9.59 Å². The van der Waals surface area contributed by atoms with E-state index in [2.05, 4.69) is 45.1 Å². The molecule has 5 heteroatoms. The predicted octanol–water partition coefficient (Wildman–Crippen LogP) is 19.6. The molecule has 0 aliphatic carbocycles. The van der Waals surface area contributed by atoms with E-state index in [4.69, 9.17) is 14.2 Å². The molecule has 0 heterocycles. The monoisotopic (exact) mass is 901 g/mol. The van der Waals surface area contributed by atoms with Crippen LogP contribution in [-0.4, -0.2) is 37.9 Å². The maximum Gasteiger partial charge on any atom is 0.306 e. The van der Waals surface area contributed by atoms with E-state index in [-0.39, 0.29) is 18.5 Å². The Morgan fingerprint density at radius 3 is 1.06 bits per heavy atom. The molecule has 1 atom stereocenters. The van der Waals surface area contributed by atoms with E-state index in [1.54, 1.807) is 0 Å². The molecule has 5 nitrogen and oxygen atoms in total. The van der Waals surface area contributed by atoms with E-state index in [1.807, 2.05) is 0 Å². The zero-order valence-electron chi connectivity index (χ0n) is 43.6. The summed E-state index contributed by atoms with van der Waals surface area (Å²) in [5.74, 6) is -0.376. The van der Waals surface area contributed by atoms with Crippen molar-refractivity contribution in [3.63, 3.8) is 0 Å². The van der Waals surface area contributed by atoms with Gasteiger partial charge in [0.2, 0.25) is 0 Å². The molecule has 0 fully saturated rings. The summed E-state index contributed by atoms with van der Waals surface area (Å²) in [5.41, 5.74) is 0. The zero-order chi connectivity index (χ0) is 46.3. The highest BCUT2D eigenvalue weighted by Crippen LogP contribution is 2.17. The van der Waals surface area contributed by atoms with Gasteiger partial charge in [0.15, 0.2) is 6.10 Å². The van der Waals surface area contributed by atoms with Crippen LogP contribution < -0.4 is 0 Å². The first-order chi connectivity index (χ1) is 31.6. The fraction of sp³-hybridized carbons (Fsp3) is 0.898. The van der Waals surface area contributed by atoms with Crippen LogP contribution >= 0.6 is 0 Å². The van der Waals surface area contributed by atoms with Crippen LogP contribution in [0.3, 0.4) is 0 Å². The summed E-state index contributed by atoms with van der Waals surface area (Å²) in [5, 5.41) is 0. The molecule has 64 heavy (non-hydrogen) atoms. The van der Waals surface area contributed by atoms with E-state index < -0.39 is 6.10 Å². The summed E-state index contributed by atoms with van der Waals surface area (Å²) in [6.07, 6.45) is 66.3. The van der Waals surface area contributed by atoms with E-state index in [0.29, 0.717) is 26.1 Å². The molecule has 0 radical (unpaired) electrons. The fourth-order valence-corrected chi connectivity index (χ4v) is 8.66. The number of carbonyl (C=O) groups excluding carboxylic acids is 2. The third-order valence-corrected chi connectivity index (χ3v) is 13.0. The summed E-state index contributed by atoms with van der Waals surface area (Å²) in [7, 11) is 0. The first kappa shape index (κ1) is 62.4. The number of ether oxygens (including phenoxy) is 3. The zero-order valence-corrected chi connectivity index (χ0v) is 43.6. The number of esters is 2. The Morgan fingerprint density at radius 2 is 0.656 bits per heavy atom. The summed E-state index contributed by atoms with van der Waals surface area (Å²) in [6.45, 7) is 7.86. The summed E-state index contributed by atoms with van der Waals surface area (Å²) < 4.78 is 17.5. The standard InChI is InChI=1S/C59H112O5/c1-4-7-10-13-16-19-22-24-26-28-29-30-32-34-36-39-42-45-48-51-54-62-55-57(64-59(61)53-50-47-44-41-37-21-18-15-12-9-6-3)56-63-58(60)52-49-46-43-40-38-35-33-31-27-25-23-20-17-14-11-8-5-2/h16,19,24,26,57H,4-15,17-18,20-23,25,27-56H2,1-3H3/b19-16-,26-24-. The molecule has 0 aromatic heterocycles. The molecule has 0 aromatic carbocycles. The van der Waals surface area contributed by atoms with Gasteiger partial charge in [0.1, 0.15) is 6.61 Å². The number of hydrogen-bond donors (Lipinski definition) is 0. The maximum absolute atomic E-state index is 12.8. The highest BCUT2D eigenvalue weighted by Gasteiger charge is 2.17. The Labute approximate surface area is 400 Å². The molecule has 0 bridgehead atoms. The first-order valence-electron chi connectivity index (χ1n) is 28.9. The summed E-state index contributed by atoms with van der Waals surface area (Å²) in [4.78, 5) is 25.4. The highest BCUT2D eigenvalue weighted by molar-refractivity contribution is 5.70. The molecular formula is C59H112O5. The van der Waals surface area contributed by atoms with E-state index in [0.717, 1.165) is 44.9 Å². The SMILES string of the molecule is CCCCC/C=C\C/C=C\CCCCCCCCCCCCOCC(COC(=O)CCCCCCCCCCCCCCCCCCC)OC(=O)CCCCCCCCCCCCC. The maximum atomic E-state index is 12.8. The Hall–Kier alpha value is -1.62. The van der Waals surface area contributed by atoms with Gasteiger partial charge in [-0.2, -0.15) is 0 Å². The smallest absolute Gasteiger partial charge is 0.306 e. The van der Waals surface area contributed by atoms with Gasteiger partial charge < -0.3 is 14.2 Å². The van der Waals surface area contributed by atoms with Crippen LogP contribution in [0.5, 0.6) is 0 Å². The van der Waals surface area contributed by atoms with E-state index in [9.17, 15) is 9.59 Å². The van der Waals surface area contributed by atoms with Gasteiger partial charge in [0, 0.05) is 19.4 Å². The lowest BCUT2D eigenvalue weighted by Crippen LogP contribution is -2.30. The number of allylic oxidation sites excluding steroid dienone is 4. The minimum Gasteiger partial charge on any atom is -0.462 e. The molecule has 1 unspecified atom stereocenters. The van der Waals surface area contributed by atoms with Gasteiger partial charge in [-0.1, -0.05) is 276 Å². The number of unbranched alkanes of at least 4 members (excludes halogenated alkanes) is 39. The Kier molecular flexibility index (Phi) is 54.3. The van der Waals surface area contributed by atoms with Crippen molar-refractivity contribution in [2.75, 3.05) is 19.8 Å². The van der Waals surface area contributed by atoms with Crippen molar-refractivity contribution >= 4 is 11.9 Å². The summed E-state index contributed by atoms with van der Waals surface area (Å²) in [6, 6.07) is 0. The minimum atomic E-state index is -0.530. The first-order valence-corrected chi connectivity index (χ1v) is 28.9. The van der Waals surface area contributed by atoms with Crippen LogP contribution in [0.1, 0.15) is 316 Å². The van der Waals surface area contributed by atoms with Crippen molar-refractivity contribution < 1.29 is 23.8 Å². The third kappa shape index (κ3) is 53.0. The molecule has 0 N–H and O–H groups in total. The average molecular weight is 902 g/mol. The minimum absolute atomic E-state index is 0.0926. The Bertz CT molecular complexity index is 974. The predicted molar refractivity (Wildman–Crippen MR) is 279 cm³/mol. The second-order valence-electron chi connectivity index (χ2n) is 19.6. The second kappa shape index (κ2) is 55.7. The largest absolute Gasteiger partial charge is 0.462 e. The molecule has 0 amide bonds. The van der Waals surface area contributed by atoms with Crippen LogP contribution in [0.25, 0.3) is 0 Å². The normalized spacial score (nSPS) is 12.2. The summed E-state index contributed by atoms with van der Waals surface area (Å²) >= 11 is 0. The van der Waals surface area contributed by atoms with Gasteiger partial charge in [-0.15, -0.1) is 0 Å². The lowest BCUT2D eigenvalue weighted by atomic mass is 10.0. The molecule has 0 saturated carbocycles. The topological polar surface area (TPSA) is 61.8 Å². The van der Waals surface area contributed by atoms with Gasteiger partial charge >= 0.3 is 11.9 Å². The van der Waals surface area contributed by atoms with Crippen molar-refractivity contribution in [1.82, 2.24) is 0 Å². The lowest BCUT2D eigenvalue weighted by molar-refractivity contribution is -0.163. The van der Waals surface area contributed by atoms with E-state index >= 15 is 0 Å². The van der Waals surface area contributed by atoms with Gasteiger partial charge in [0.25, 0.3) is 0 Å². The van der Waals surface area contributed by atoms with Crippen LogP contribution in [0.2, 0.25) is 0 Å². The molecule has 378 valence electrons. The molecule has 0 rings (SSSR count). The molecule has 0 spiro atoms. The number of carbonyl (C=O) groups is 2. The molecule has 0 aliphatic rings. The van der Waals surface area contributed by atoms with Crippen molar-refractivity contribution in [2.45, 2.75) is 322 Å². The lowest BCUT2D eigenvalue weighted by Gasteiger charge is -2.18. The second-order valence-corrected chi connectivity index (χ2v) is 19.6. The van der Waals surface area contributed by atoms with Crippen LogP contribution in [0.4, 0.5) is 0 Å². The molecule has 0 saturated heterocycles. The van der Waals surface area contributed by atoms with Gasteiger partial charge in [0.05, 0.1) is 6.61 Å². The van der Waals surface area contributed by atoms with Crippen molar-refractivity contribution in [1.29, 1.82) is 0 Å². The molecule has 0 aliphatic heterocycles.